The van der Waals surface area contributed by atoms with Crippen LogP contribution < -0.4 is 5.73 Å². The number of halogens is 2. The highest BCUT2D eigenvalue weighted by molar-refractivity contribution is 7.13. The molecule has 1 heterocycles. The van der Waals surface area contributed by atoms with Crippen LogP contribution >= 0.6 is 34.5 Å². The van der Waals surface area contributed by atoms with Crippen LogP contribution in [0.15, 0.2) is 47.8 Å². The van der Waals surface area contributed by atoms with Crippen LogP contribution in [0, 0.1) is 0 Å². The van der Waals surface area contributed by atoms with E-state index in [1.165, 1.54) is 11.3 Å². The smallest absolute Gasteiger partial charge is 0.124 e. The van der Waals surface area contributed by atoms with Gasteiger partial charge in [-0.15, -0.1) is 11.3 Å². The van der Waals surface area contributed by atoms with Crippen molar-refractivity contribution in [1.82, 2.24) is 4.98 Å². The van der Waals surface area contributed by atoms with Crippen molar-refractivity contribution in [3.8, 4) is 21.8 Å². The molecule has 0 radical (unpaired) electrons. The molecule has 2 nitrogen and oxygen atoms in total. The van der Waals surface area contributed by atoms with Crippen molar-refractivity contribution in [3.63, 3.8) is 0 Å². The van der Waals surface area contributed by atoms with Gasteiger partial charge in [-0.05, 0) is 24.3 Å². The quantitative estimate of drug-likeness (QED) is 0.645. The Morgan fingerprint density at radius 3 is 2.40 bits per heavy atom. The molecule has 3 rings (SSSR count). The molecule has 0 spiro atoms. The molecular formula is C15H10Cl2N2S. The standard InChI is InChI=1S/C15H10Cl2N2S/c16-10-5-9(6-11(17)7-10)15-19-14(8-20-15)12-3-1-2-4-13(12)18/h1-8H,18H2. The summed E-state index contributed by atoms with van der Waals surface area (Å²) in [6.45, 7) is 0. The van der Waals surface area contributed by atoms with Crippen molar-refractivity contribution in [3.05, 3.63) is 57.9 Å². The zero-order chi connectivity index (χ0) is 14.1. The molecule has 2 aromatic carbocycles. The Labute approximate surface area is 130 Å². The van der Waals surface area contributed by atoms with Gasteiger partial charge in [0.25, 0.3) is 0 Å². The van der Waals surface area contributed by atoms with E-state index in [9.17, 15) is 0 Å². The van der Waals surface area contributed by atoms with Crippen LogP contribution in [-0.4, -0.2) is 4.98 Å². The van der Waals surface area contributed by atoms with Crippen molar-refractivity contribution in [2.24, 2.45) is 0 Å². The van der Waals surface area contributed by atoms with E-state index >= 15 is 0 Å². The molecule has 2 N–H and O–H groups in total. The number of nitrogens with zero attached hydrogens (tertiary/aromatic N) is 1. The summed E-state index contributed by atoms with van der Waals surface area (Å²) in [5, 5.41) is 4.05. The van der Waals surface area contributed by atoms with Gasteiger partial charge in [0.1, 0.15) is 5.01 Å². The van der Waals surface area contributed by atoms with Crippen LogP contribution in [0.5, 0.6) is 0 Å². The van der Waals surface area contributed by atoms with Gasteiger partial charge in [0, 0.05) is 32.2 Å². The van der Waals surface area contributed by atoms with Gasteiger partial charge in [-0.3, -0.25) is 0 Å². The molecule has 3 aromatic rings. The lowest BCUT2D eigenvalue weighted by Gasteiger charge is -2.01. The van der Waals surface area contributed by atoms with E-state index in [-0.39, 0.29) is 0 Å². The molecule has 0 aliphatic carbocycles. The maximum atomic E-state index is 6.02. The normalized spacial score (nSPS) is 10.7. The summed E-state index contributed by atoms with van der Waals surface area (Å²) in [5.74, 6) is 0. The SMILES string of the molecule is Nc1ccccc1-c1csc(-c2cc(Cl)cc(Cl)c2)n1. The number of nitrogens with two attached hydrogens (primary N) is 1. The molecule has 20 heavy (non-hydrogen) atoms. The predicted molar refractivity (Wildman–Crippen MR) is 87.4 cm³/mol. The van der Waals surface area contributed by atoms with Crippen LogP contribution in [0.2, 0.25) is 10.0 Å². The molecule has 0 saturated carbocycles. The van der Waals surface area contributed by atoms with Crippen LogP contribution in [0.3, 0.4) is 0 Å². The fraction of sp³-hybridized carbons (Fsp3) is 0. The van der Waals surface area contributed by atoms with Gasteiger partial charge in [0.05, 0.1) is 5.69 Å². The topological polar surface area (TPSA) is 38.9 Å². The Balaban J connectivity index is 2.04. The lowest BCUT2D eigenvalue weighted by Crippen LogP contribution is -1.89. The third-order valence-electron chi connectivity index (χ3n) is 2.85. The summed E-state index contributed by atoms with van der Waals surface area (Å²) in [5.41, 5.74) is 9.39. The number of aromatic nitrogens is 1. The van der Waals surface area contributed by atoms with E-state index in [0.717, 1.165) is 21.8 Å². The Bertz CT molecular complexity index is 748. The molecule has 5 heteroatoms. The predicted octanol–water partition coefficient (Wildman–Crippen LogP) is 5.37. The first-order valence-electron chi connectivity index (χ1n) is 5.90. The number of benzene rings is 2. The Kier molecular flexibility index (Phi) is 3.66. The van der Waals surface area contributed by atoms with Gasteiger partial charge in [0.15, 0.2) is 0 Å². The molecule has 1 aromatic heterocycles. The van der Waals surface area contributed by atoms with Gasteiger partial charge in [-0.1, -0.05) is 41.4 Å². The molecular weight excluding hydrogens is 311 g/mol. The molecule has 0 atom stereocenters. The maximum Gasteiger partial charge on any atom is 0.124 e. The number of para-hydroxylation sites is 1. The van der Waals surface area contributed by atoms with Crippen LogP contribution in [0.1, 0.15) is 0 Å². The first kappa shape index (κ1) is 13.4. The Morgan fingerprint density at radius 1 is 1.00 bits per heavy atom. The summed E-state index contributed by atoms with van der Waals surface area (Å²) in [6, 6.07) is 13.1. The second-order valence-electron chi connectivity index (χ2n) is 4.28. The van der Waals surface area contributed by atoms with Gasteiger partial charge >= 0.3 is 0 Å². The van der Waals surface area contributed by atoms with E-state index < -0.39 is 0 Å². The third kappa shape index (κ3) is 2.66. The van der Waals surface area contributed by atoms with E-state index in [4.69, 9.17) is 28.9 Å². The lowest BCUT2D eigenvalue weighted by atomic mass is 10.1. The van der Waals surface area contributed by atoms with Gasteiger partial charge in [-0.2, -0.15) is 0 Å². The minimum absolute atomic E-state index is 0.600. The number of hydrogen-bond donors (Lipinski definition) is 1. The van der Waals surface area contributed by atoms with E-state index in [2.05, 4.69) is 4.98 Å². The largest absolute Gasteiger partial charge is 0.398 e. The van der Waals surface area contributed by atoms with Crippen LogP contribution in [0.4, 0.5) is 5.69 Å². The van der Waals surface area contributed by atoms with Gasteiger partial charge < -0.3 is 5.73 Å². The summed E-state index contributed by atoms with van der Waals surface area (Å²) in [4.78, 5) is 4.62. The first-order valence-corrected chi connectivity index (χ1v) is 7.54. The number of thiazole rings is 1. The lowest BCUT2D eigenvalue weighted by molar-refractivity contribution is 1.40. The molecule has 0 amide bonds. The zero-order valence-corrected chi connectivity index (χ0v) is 12.6. The van der Waals surface area contributed by atoms with E-state index in [0.29, 0.717) is 15.7 Å². The highest BCUT2D eigenvalue weighted by atomic mass is 35.5. The third-order valence-corrected chi connectivity index (χ3v) is 4.18. The summed E-state index contributed by atoms with van der Waals surface area (Å²) in [6.07, 6.45) is 0. The fourth-order valence-electron chi connectivity index (χ4n) is 1.94. The second-order valence-corrected chi connectivity index (χ2v) is 6.01. The van der Waals surface area contributed by atoms with Crippen molar-refractivity contribution in [2.75, 3.05) is 5.73 Å². The summed E-state index contributed by atoms with van der Waals surface area (Å²) >= 11 is 13.6. The van der Waals surface area contributed by atoms with Crippen molar-refractivity contribution >= 4 is 40.2 Å². The van der Waals surface area contributed by atoms with E-state index in [1.54, 1.807) is 6.07 Å². The molecule has 0 aliphatic rings. The number of hydrogen-bond acceptors (Lipinski definition) is 3. The monoisotopic (exact) mass is 320 g/mol. The highest BCUT2D eigenvalue weighted by Crippen LogP contribution is 2.33. The fourth-order valence-corrected chi connectivity index (χ4v) is 3.27. The average Bonchev–Trinajstić information content (AvgIpc) is 2.87. The van der Waals surface area contributed by atoms with Crippen molar-refractivity contribution < 1.29 is 0 Å². The van der Waals surface area contributed by atoms with Crippen molar-refractivity contribution in [1.29, 1.82) is 0 Å². The summed E-state index contributed by atoms with van der Waals surface area (Å²) < 4.78 is 0. The Morgan fingerprint density at radius 2 is 1.70 bits per heavy atom. The van der Waals surface area contributed by atoms with Crippen LogP contribution in [-0.2, 0) is 0 Å². The molecule has 100 valence electrons. The Hall–Kier alpha value is -1.55. The molecule has 0 fully saturated rings. The van der Waals surface area contributed by atoms with E-state index in [1.807, 2.05) is 41.8 Å². The number of rotatable bonds is 2. The first-order chi connectivity index (χ1) is 9.63. The molecule has 0 bridgehead atoms. The highest BCUT2D eigenvalue weighted by Gasteiger charge is 2.09. The van der Waals surface area contributed by atoms with Crippen LogP contribution in [0.25, 0.3) is 21.8 Å². The molecule has 0 unspecified atom stereocenters. The minimum atomic E-state index is 0.600. The number of anilines is 1. The second kappa shape index (κ2) is 5.44. The van der Waals surface area contributed by atoms with Gasteiger partial charge in [0.2, 0.25) is 0 Å². The zero-order valence-electron chi connectivity index (χ0n) is 10.3. The average molecular weight is 321 g/mol. The molecule has 0 aliphatic heterocycles. The number of nitrogen functional groups attached to an aromatic ring is 1. The minimum Gasteiger partial charge on any atom is -0.398 e. The maximum absolute atomic E-state index is 6.02. The van der Waals surface area contributed by atoms with Crippen molar-refractivity contribution in [2.45, 2.75) is 0 Å². The van der Waals surface area contributed by atoms with Gasteiger partial charge in [-0.25, -0.2) is 4.98 Å². The summed E-state index contributed by atoms with van der Waals surface area (Å²) in [7, 11) is 0. The molecule has 0 saturated heterocycles.